The van der Waals surface area contributed by atoms with Gasteiger partial charge in [0.15, 0.2) is 17.3 Å². The maximum Gasteiger partial charge on any atom is 0.335 e. The highest BCUT2D eigenvalue weighted by atomic mass is 32.2. The molecule has 0 fully saturated rings. The molecule has 2 aliphatic heterocycles. The quantitative estimate of drug-likeness (QED) is 0.532. The monoisotopic (exact) mass is 491 g/mol. The number of ketones is 1. The molecule has 0 bridgehead atoms. The lowest BCUT2D eigenvalue weighted by atomic mass is 9.99. The number of Topliss-reactive ketones (excluding diaryl/α,β-unsaturated/α-hetero) is 1. The lowest BCUT2D eigenvalue weighted by Crippen LogP contribution is -2.27. The van der Waals surface area contributed by atoms with E-state index in [0.717, 1.165) is 11.1 Å². The zero-order valence-electron chi connectivity index (χ0n) is 18.5. The number of carbonyl (C=O) groups is 2. The number of benzene rings is 2. The third kappa shape index (κ3) is 5.61. The molecule has 1 atom stereocenters. The first-order chi connectivity index (χ1) is 15.9. The molecule has 8 nitrogen and oxygen atoms in total. The molecular formula is C23H26NO7PS. The van der Waals surface area contributed by atoms with Crippen LogP contribution in [-0.4, -0.2) is 42.7 Å². The van der Waals surface area contributed by atoms with Gasteiger partial charge in [-0.25, -0.2) is 0 Å². The molecule has 0 radical (unpaired) electrons. The standard InChI is InChI=1S/C23H26NO7PS/c1-3-30-32(27,31-4-2)12-15-5-7-17(8-6-15)24-23(26)22-10-16-9-20-21(29-14-28-20)11-18(16)19(25)13-33-22/h5-9,11,22H,3-4,10,12-14H2,1-2H3,(H,24,26)/t22-/m1/s1. The van der Waals surface area contributed by atoms with Crippen molar-refractivity contribution in [2.24, 2.45) is 0 Å². The minimum Gasteiger partial charge on any atom is -0.454 e. The molecule has 0 spiro atoms. The van der Waals surface area contributed by atoms with Crippen LogP contribution in [0.4, 0.5) is 5.69 Å². The van der Waals surface area contributed by atoms with Crippen molar-refractivity contribution < 1.29 is 32.7 Å². The Bertz CT molecular complexity index is 1080. The summed E-state index contributed by atoms with van der Waals surface area (Å²) in [4.78, 5) is 25.6. The Morgan fingerprint density at radius 2 is 1.79 bits per heavy atom. The fourth-order valence-electron chi connectivity index (χ4n) is 3.76. The molecule has 0 saturated carbocycles. The van der Waals surface area contributed by atoms with Gasteiger partial charge < -0.3 is 23.8 Å². The first kappa shape index (κ1) is 23.8. The van der Waals surface area contributed by atoms with E-state index in [9.17, 15) is 14.2 Å². The average molecular weight is 492 g/mol. The van der Waals surface area contributed by atoms with Gasteiger partial charge in [0.25, 0.3) is 0 Å². The molecule has 0 aliphatic carbocycles. The molecule has 2 aromatic rings. The van der Waals surface area contributed by atoms with Gasteiger partial charge in [-0.05, 0) is 55.7 Å². The van der Waals surface area contributed by atoms with E-state index in [0.29, 0.717) is 42.4 Å². The molecule has 1 amide bonds. The maximum absolute atomic E-state index is 13.0. The number of nitrogens with one attached hydrogen (secondary N) is 1. The van der Waals surface area contributed by atoms with Gasteiger partial charge in [0.1, 0.15) is 0 Å². The van der Waals surface area contributed by atoms with Crippen molar-refractivity contribution in [1.82, 2.24) is 0 Å². The summed E-state index contributed by atoms with van der Waals surface area (Å²) in [5.41, 5.74) is 2.78. The average Bonchev–Trinajstić information content (AvgIpc) is 3.18. The molecule has 0 unspecified atom stereocenters. The first-order valence-electron chi connectivity index (χ1n) is 10.8. The fraction of sp³-hybridized carbons (Fsp3) is 0.391. The van der Waals surface area contributed by atoms with Crippen molar-refractivity contribution >= 4 is 36.7 Å². The van der Waals surface area contributed by atoms with E-state index < -0.39 is 12.8 Å². The van der Waals surface area contributed by atoms with E-state index in [1.54, 1.807) is 50.2 Å². The summed E-state index contributed by atoms with van der Waals surface area (Å²) in [7, 11) is -3.20. The fourth-order valence-corrected chi connectivity index (χ4v) is 6.47. The molecule has 4 rings (SSSR count). The molecule has 2 heterocycles. The van der Waals surface area contributed by atoms with Crippen molar-refractivity contribution in [1.29, 1.82) is 0 Å². The number of hydrogen-bond acceptors (Lipinski definition) is 8. The molecule has 2 aromatic carbocycles. The molecule has 0 saturated heterocycles. The van der Waals surface area contributed by atoms with Crippen molar-refractivity contribution in [2.75, 3.05) is 31.1 Å². The Balaban J connectivity index is 1.43. The topological polar surface area (TPSA) is 100 Å². The van der Waals surface area contributed by atoms with Crippen LogP contribution in [0.3, 0.4) is 0 Å². The molecule has 33 heavy (non-hydrogen) atoms. The number of hydrogen-bond donors (Lipinski definition) is 1. The maximum atomic E-state index is 13.0. The molecule has 1 N–H and O–H groups in total. The SMILES string of the molecule is CCOP(=O)(Cc1ccc(NC(=O)[C@H]2Cc3cc4c(cc3C(=O)CS2)OCO4)cc1)OCC. The summed E-state index contributed by atoms with van der Waals surface area (Å²) in [5, 5.41) is 2.49. The number of thioether (sulfide) groups is 1. The number of carbonyl (C=O) groups excluding carboxylic acids is 2. The normalized spacial score (nSPS) is 17.4. The van der Waals surface area contributed by atoms with E-state index in [1.807, 2.05) is 0 Å². The highest BCUT2D eigenvalue weighted by Gasteiger charge is 2.30. The summed E-state index contributed by atoms with van der Waals surface area (Å²) in [6, 6.07) is 10.6. The van der Waals surface area contributed by atoms with Crippen LogP contribution in [0, 0.1) is 0 Å². The van der Waals surface area contributed by atoms with Crippen LogP contribution in [-0.2, 0) is 31.0 Å². The molecule has 2 aliphatic rings. The Kier molecular flexibility index (Phi) is 7.44. The number of anilines is 1. The Morgan fingerprint density at radius 1 is 1.12 bits per heavy atom. The van der Waals surface area contributed by atoms with E-state index in [2.05, 4.69) is 5.32 Å². The van der Waals surface area contributed by atoms with Crippen LogP contribution in [0.2, 0.25) is 0 Å². The number of amides is 1. The van der Waals surface area contributed by atoms with Gasteiger partial charge in [-0.3, -0.25) is 14.2 Å². The van der Waals surface area contributed by atoms with Crippen LogP contribution in [0.15, 0.2) is 36.4 Å². The van der Waals surface area contributed by atoms with Crippen molar-refractivity contribution in [3.8, 4) is 11.5 Å². The van der Waals surface area contributed by atoms with E-state index in [4.69, 9.17) is 18.5 Å². The molecular weight excluding hydrogens is 465 g/mol. The number of rotatable bonds is 8. The van der Waals surface area contributed by atoms with E-state index in [1.165, 1.54) is 11.8 Å². The second-order valence-corrected chi connectivity index (χ2v) is 10.8. The Morgan fingerprint density at radius 3 is 2.45 bits per heavy atom. The highest BCUT2D eigenvalue weighted by Crippen LogP contribution is 2.51. The third-order valence-corrected chi connectivity index (χ3v) is 8.53. The van der Waals surface area contributed by atoms with Crippen LogP contribution >= 0.6 is 19.4 Å². The third-order valence-electron chi connectivity index (χ3n) is 5.26. The highest BCUT2D eigenvalue weighted by molar-refractivity contribution is 8.01. The predicted octanol–water partition coefficient (Wildman–Crippen LogP) is 4.66. The van der Waals surface area contributed by atoms with Crippen LogP contribution in [0.1, 0.15) is 35.3 Å². The van der Waals surface area contributed by atoms with E-state index in [-0.39, 0.29) is 30.4 Å². The lowest BCUT2D eigenvalue weighted by molar-refractivity contribution is -0.115. The van der Waals surface area contributed by atoms with Gasteiger partial charge in [-0.1, -0.05) is 12.1 Å². The summed E-state index contributed by atoms with van der Waals surface area (Å²) in [6.07, 6.45) is 0.578. The second-order valence-electron chi connectivity index (χ2n) is 7.58. The van der Waals surface area contributed by atoms with Gasteiger partial charge in [0.05, 0.1) is 30.4 Å². The van der Waals surface area contributed by atoms with Gasteiger partial charge in [0.2, 0.25) is 12.7 Å². The Labute approximate surface area is 196 Å². The molecule has 10 heteroatoms. The van der Waals surface area contributed by atoms with Crippen molar-refractivity contribution in [3.05, 3.63) is 53.1 Å². The van der Waals surface area contributed by atoms with Gasteiger partial charge in [-0.15, -0.1) is 11.8 Å². The zero-order chi connectivity index (χ0) is 23.4. The molecule has 176 valence electrons. The Hall–Kier alpha value is -2.32. The lowest BCUT2D eigenvalue weighted by Gasteiger charge is -2.17. The van der Waals surface area contributed by atoms with Gasteiger partial charge >= 0.3 is 7.60 Å². The minimum absolute atomic E-state index is 0.0269. The van der Waals surface area contributed by atoms with Crippen LogP contribution in [0.25, 0.3) is 0 Å². The summed E-state index contributed by atoms with van der Waals surface area (Å²) in [6.45, 7) is 4.29. The summed E-state index contributed by atoms with van der Waals surface area (Å²) < 4.78 is 34.2. The molecule has 0 aromatic heterocycles. The number of fused-ring (bicyclic) bond motifs is 2. The van der Waals surface area contributed by atoms with Gasteiger partial charge in [-0.2, -0.15) is 0 Å². The first-order valence-corrected chi connectivity index (χ1v) is 13.5. The van der Waals surface area contributed by atoms with E-state index >= 15 is 0 Å². The summed E-state index contributed by atoms with van der Waals surface area (Å²) >= 11 is 1.32. The second kappa shape index (κ2) is 10.3. The smallest absolute Gasteiger partial charge is 0.335 e. The van der Waals surface area contributed by atoms with Crippen molar-refractivity contribution in [2.45, 2.75) is 31.7 Å². The van der Waals surface area contributed by atoms with Crippen LogP contribution in [0.5, 0.6) is 11.5 Å². The largest absolute Gasteiger partial charge is 0.454 e. The minimum atomic E-state index is -3.20. The van der Waals surface area contributed by atoms with Crippen molar-refractivity contribution in [3.63, 3.8) is 0 Å². The van der Waals surface area contributed by atoms with Gasteiger partial charge in [0, 0.05) is 11.3 Å². The predicted molar refractivity (Wildman–Crippen MR) is 126 cm³/mol. The number of ether oxygens (including phenoxy) is 2. The van der Waals surface area contributed by atoms with Crippen LogP contribution < -0.4 is 14.8 Å². The zero-order valence-corrected chi connectivity index (χ0v) is 20.2. The summed E-state index contributed by atoms with van der Waals surface area (Å²) in [5.74, 6) is 1.17.